The number of hydrogen-bond acceptors (Lipinski definition) is 7. The van der Waals surface area contributed by atoms with Gasteiger partial charge in [-0.05, 0) is 44.7 Å². The zero-order chi connectivity index (χ0) is 28.1. The first kappa shape index (κ1) is 27.9. The van der Waals surface area contributed by atoms with Gasteiger partial charge >= 0.3 is 0 Å². The van der Waals surface area contributed by atoms with Gasteiger partial charge in [-0.1, -0.05) is 37.3 Å². The van der Waals surface area contributed by atoms with Crippen molar-refractivity contribution in [3.63, 3.8) is 0 Å². The summed E-state index contributed by atoms with van der Waals surface area (Å²) in [4.78, 5) is 47.4. The van der Waals surface area contributed by atoms with Crippen molar-refractivity contribution in [3.8, 4) is 5.69 Å². The first-order valence-corrected chi connectivity index (χ1v) is 13.4. The fourth-order valence-electron chi connectivity index (χ4n) is 4.64. The van der Waals surface area contributed by atoms with E-state index in [1.54, 1.807) is 34.4 Å². The van der Waals surface area contributed by atoms with Crippen molar-refractivity contribution in [1.29, 1.82) is 0 Å². The van der Waals surface area contributed by atoms with Crippen LogP contribution >= 0.6 is 0 Å². The lowest BCUT2D eigenvalue weighted by molar-refractivity contribution is -0.138. The number of amides is 3. The zero-order valence-electron chi connectivity index (χ0n) is 23.2. The van der Waals surface area contributed by atoms with E-state index in [1.807, 2.05) is 37.3 Å². The van der Waals surface area contributed by atoms with Crippen LogP contribution in [0.3, 0.4) is 0 Å². The van der Waals surface area contributed by atoms with E-state index in [9.17, 15) is 14.4 Å². The number of benzene rings is 1. The van der Waals surface area contributed by atoms with Gasteiger partial charge < -0.3 is 15.1 Å². The number of carbonyl (C=O) groups excluding carboxylic acids is 3. The average Bonchev–Trinajstić information content (AvgIpc) is 3.55. The summed E-state index contributed by atoms with van der Waals surface area (Å²) in [5, 5.41) is 15.9. The molecule has 3 aromatic rings. The SMILES string of the molecule is Cc1nc2n(n1)CCN(C(=O)c1cn(-c3ccccc3)nn1)CCCC(=O)N(C)[C@@H](C)C(=O)N[C@@H]2CC(C)C. The molecular weight excluding hydrogens is 498 g/mol. The monoisotopic (exact) mass is 535 g/mol. The zero-order valence-corrected chi connectivity index (χ0v) is 23.2. The summed E-state index contributed by atoms with van der Waals surface area (Å²) < 4.78 is 3.34. The number of nitrogens with zero attached hydrogens (tertiary/aromatic N) is 8. The van der Waals surface area contributed by atoms with Gasteiger partial charge in [0.15, 0.2) is 5.69 Å². The number of aromatic nitrogens is 6. The van der Waals surface area contributed by atoms with E-state index in [0.29, 0.717) is 44.1 Å². The molecule has 1 aliphatic heterocycles. The highest BCUT2D eigenvalue weighted by atomic mass is 16.2. The minimum Gasteiger partial charge on any atom is -0.344 e. The lowest BCUT2D eigenvalue weighted by Crippen LogP contribution is -2.47. The Balaban J connectivity index is 1.63. The molecule has 4 rings (SSSR count). The second kappa shape index (κ2) is 12.2. The van der Waals surface area contributed by atoms with E-state index in [4.69, 9.17) is 0 Å². The van der Waals surface area contributed by atoms with Gasteiger partial charge in [0.25, 0.3) is 5.91 Å². The molecule has 2 atom stereocenters. The third-order valence-electron chi connectivity index (χ3n) is 6.92. The Kier molecular flexibility index (Phi) is 8.72. The summed E-state index contributed by atoms with van der Waals surface area (Å²) in [6, 6.07) is 8.41. The highest BCUT2D eigenvalue weighted by Crippen LogP contribution is 2.21. The van der Waals surface area contributed by atoms with Crippen molar-refractivity contribution in [2.24, 2.45) is 5.92 Å². The molecule has 0 unspecified atom stereocenters. The molecule has 208 valence electrons. The quantitative estimate of drug-likeness (QED) is 0.542. The molecule has 39 heavy (non-hydrogen) atoms. The minimum absolute atomic E-state index is 0.156. The second-order valence-electron chi connectivity index (χ2n) is 10.4. The summed E-state index contributed by atoms with van der Waals surface area (Å²) in [5.41, 5.74) is 1.02. The highest BCUT2D eigenvalue weighted by Gasteiger charge is 2.29. The molecule has 0 saturated carbocycles. The number of rotatable bonds is 4. The molecule has 3 heterocycles. The molecular formula is C27H37N9O3. The molecule has 0 bridgehead atoms. The van der Waals surface area contributed by atoms with E-state index in [0.717, 1.165) is 5.69 Å². The highest BCUT2D eigenvalue weighted by molar-refractivity contribution is 5.92. The molecule has 0 radical (unpaired) electrons. The van der Waals surface area contributed by atoms with E-state index >= 15 is 0 Å². The smallest absolute Gasteiger partial charge is 0.276 e. The van der Waals surface area contributed by atoms with Crippen LogP contribution in [-0.4, -0.2) is 83.5 Å². The molecule has 1 aromatic carbocycles. The average molecular weight is 536 g/mol. The first-order valence-electron chi connectivity index (χ1n) is 13.4. The Labute approximate surface area is 228 Å². The summed E-state index contributed by atoms with van der Waals surface area (Å²) in [6.07, 6.45) is 2.91. The van der Waals surface area contributed by atoms with Crippen molar-refractivity contribution >= 4 is 17.7 Å². The Bertz CT molecular complexity index is 1300. The molecule has 0 aliphatic carbocycles. The van der Waals surface area contributed by atoms with E-state index in [2.05, 4.69) is 39.6 Å². The van der Waals surface area contributed by atoms with Crippen molar-refractivity contribution in [2.75, 3.05) is 20.1 Å². The summed E-state index contributed by atoms with van der Waals surface area (Å²) in [7, 11) is 1.63. The van der Waals surface area contributed by atoms with Crippen LogP contribution in [0, 0.1) is 12.8 Å². The molecule has 0 fully saturated rings. The third-order valence-corrected chi connectivity index (χ3v) is 6.92. The summed E-state index contributed by atoms with van der Waals surface area (Å²) in [5.74, 6) is 0.829. The van der Waals surface area contributed by atoms with Gasteiger partial charge in [-0.15, -0.1) is 5.10 Å². The van der Waals surface area contributed by atoms with Crippen molar-refractivity contribution in [2.45, 2.75) is 65.6 Å². The van der Waals surface area contributed by atoms with Gasteiger partial charge in [-0.25, -0.2) is 14.3 Å². The Morgan fingerprint density at radius 1 is 1.13 bits per heavy atom. The molecule has 2 aromatic heterocycles. The lowest BCUT2D eigenvalue weighted by atomic mass is 10.0. The molecule has 12 heteroatoms. The number of nitrogens with one attached hydrogen (secondary N) is 1. The van der Waals surface area contributed by atoms with Crippen molar-refractivity contribution < 1.29 is 14.4 Å². The molecule has 3 amide bonds. The lowest BCUT2D eigenvalue weighted by Gasteiger charge is -2.29. The van der Waals surface area contributed by atoms with Gasteiger partial charge in [0.1, 0.15) is 17.7 Å². The van der Waals surface area contributed by atoms with E-state index < -0.39 is 6.04 Å². The molecule has 1 aliphatic rings. The molecule has 0 spiro atoms. The van der Waals surface area contributed by atoms with Crippen LogP contribution in [0.2, 0.25) is 0 Å². The van der Waals surface area contributed by atoms with Gasteiger partial charge in [0.05, 0.1) is 24.5 Å². The Morgan fingerprint density at radius 2 is 1.87 bits per heavy atom. The Hall–Kier alpha value is -4.09. The van der Waals surface area contributed by atoms with Crippen LogP contribution in [0.15, 0.2) is 36.5 Å². The van der Waals surface area contributed by atoms with Gasteiger partial charge in [-0.2, -0.15) is 5.10 Å². The number of carbonyl (C=O) groups is 3. The number of fused-ring (bicyclic) bond motifs is 1. The van der Waals surface area contributed by atoms with Crippen LogP contribution in [0.25, 0.3) is 5.69 Å². The topological polar surface area (TPSA) is 131 Å². The maximum absolute atomic E-state index is 13.6. The number of aryl methyl sites for hydroxylation is 1. The van der Waals surface area contributed by atoms with Crippen molar-refractivity contribution in [1.82, 2.24) is 44.9 Å². The maximum atomic E-state index is 13.6. The Morgan fingerprint density at radius 3 is 2.59 bits per heavy atom. The van der Waals surface area contributed by atoms with Crippen LogP contribution < -0.4 is 5.32 Å². The predicted octanol–water partition coefficient (Wildman–Crippen LogP) is 2.15. The number of likely N-dealkylation sites (N-methyl/N-ethyl adjacent to an activating group) is 1. The molecule has 1 N–H and O–H groups in total. The molecule has 0 saturated heterocycles. The van der Waals surface area contributed by atoms with Crippen LogP contribution in [0.1, 0.15) is 68.2 Å². The standard InChI is InChI=1S/C27H37N9O3/c1-18(2)16-22-25-28-20(4)31-35(25)15-14-34(13-9-12-24(37)33(5)19(3)26(38)29-22)27(39)23-17-36(32-30-23)21-10-7-6-8-11-21/h6-8,10-11,17-19,22H,9,12-16H2,1-5H3,(H,29,38)/t19-,22+/m0/s1. The van der Waals surface area contributed by atoms with Crippen LogP contribution in [0.5, 0.6) is 0 Å². The number of hydrogen-bond donors (Lipinski definition) is 1. The first-order chi connectivity index (χ1) is 18.6. The minimum atomic E-state index is -0.654. The van der Waals surface area contributed by atoms with Gasteiger partial charge in [0, 0.05) is 26.6 Å². The fourth-order valence-corrected chi connectivity index (χ4v) is 4.64. The largest absolute Gasteiger partial charge is 0.344 e. The van der Waals surface area contributed by atoms with Crippen molar-refractivity contribution in [3.05, 3.63) is 53.9 Å². The van der Waals surface area contributed by atoms with Crippen LogP contribution in [0.4, 0.5) is 0 Å². The van der Waals surface area contributed by atoms with E-state index in [1.165, 1.54) is 4.90 Å². The second-order valence-corrected chi connectivity index (χ2v) is 10.4. The van der Waals surface area contributed by atoms with Crippen LogP contribution in [-0.2, 0) is 16.1 Å². The third kappa shape index (κ3) is 6.68. The fraction of sp³-hybridized carbons (Fsp3) is 0.519. The molecule has 12 nitrogen and oxygen atoms in total. The maximum Gasteiger partial charge on any atom is 0.276 e. The summed E-state index contributed by atoms with van der Waals surface area (Å²) in [6.45, 7) is 8.73. The van der Waals surface area contributed by atoms with Gasteiger partial charge in [0.2, 0.25) is 11.8 Å². The normalized spacial score (nSPS) is 19.5. The predicted molar refractivity (Wildman–Crippen MR) is 144 cm³/mol. The van der Waals surface area contributed by atoms with Gasteiger partial charge in [-0.3, -0.25) is 14.4 Å². The number of para-hydroxylation sites is 1. The summed E-state index contributed by atoms with van der Waals surface area (Å²) >= 11 is 0. The van der Waals surface area contributed by atoms with E-state index in [-0.39, 0.29) is 41.8 Å².